The van der Waals surface area contributed by atoms with E-state index in [1.54, 1.807) is 32.0 Å². The summed E-state index contributed by atoms with van der Waals surface area (Å²) in [6, 6.07) is 6.12. The van der Waals surface area contributed by atoms with Gasteiger partial charge in [0.25, 0.3) is 5.89 Å². The van der Waals surface area contributed by atoms with Crippen molar-refractivity contribution in [3.63, 3.8) is 0 Å². The van der Waals surface area contributed by atoms with Crippen LogP contribution in [0.5, 0.6) is 0 Å². The average molecular weight is 405 g/mol. The highest BCUT2D eigenvalue weighted by Gasteiger charge is 2.32. The fourth-order valence-corrected chi connectivity index (χ4v) is 5.35. The van der Waals surface area contributed by atoms with Crippen LogP contribution in [0, 0.1) is 19.7 Å². The minimum absolute atomic E-state index is 0.0690. The van der Waals surface area contributed by atoms with Crippen molar-refractivity contribution >= 4 is 10.0 Å². The van der Waals surface area contributed by atoms with E-state index in [2.05, 4.69) is 15.2 Å². The second-order valence-corrected chi connectivity index (χ2v) is 8.64. The molecule has 1 fully saturated rings. The van der Waals surface area contributed by atoms with Crippen molar-refractivity contribution in [1.29, 1.82) is 0 Å². The van der Waals surface area contributed by atoms with Crippen LogP contribution in [0.1, 0.15) is 30.1 Å². The lowest BCUT2D eigenvalue weighted by atomic mass is 10.2. The number of hydrogen-bond donors (Lipinski definition) is 0. The van der Waals surface area contributed by atoms with Crippen LogP contribution >= 0.6 is 0 Å². The molecule has 0 aliphatic carbocycles. The predicted molar refractivity (Wildman–Crippen MR) is 98.5 cm³/mol. The molecule has 0 saturated carbocycles. The van der Waals surface area contributed by atoms with Crippen molar-refractivity contribution < 1.29 is 17.3 Å². The van der Waals surface area contributed by atoms with Crippen LogP contribution < -0.4 is 0 Å². The molecule has 0 atom stereocenters. The van der Waals surface area contributed by atoms with Gasteiger partial charge in [-0.3, -0.25) is 4.68 Å². The Morgan fingerprint density at radius 3 is 2.61 bits per heavy atom. The number of aromatic nitrogens is 4. The van der Waals surface area contributed by atoms with Crippen LogP contribution in [0.25, 0.3) is 11.5 Å². The summed E-state index contributed by atoms with van der Waals surface area (Å²) in [7, 11) is -3.58. The van der Waals surface area contributed by atoms with E-state index < -0.39 is 15.8 Å². The second-order valence-electron chi connectivity index (χ2n) is 6.76. The molecule has 3 aromatic rings. The van der Waals surface area contributed by atoms with E-state index in [9.17, 15) is 12.8 Å². The number of nitrogens with zero attached hydrogens (tertiary/aromatic N) is 5. The maximum Gasteiger partial charge on any atom is 0.260 e. The molecule has 1 saturated heterocycles. The molecule has 0 unspecified atom stereocenters. The Morgan fingerprint density at radius 1 is 1.18 bits per heavy atom. The van der Waals surface area contributed by atoms with Crippen LogP contribution in [0.3, 0.4) is 0 Å². The highest BCUT2D eigenvalue weighted by molar-refractivity contribution is 7.89. The first-order valence-corrected chi connectivity index (χ1v) is 10.4. The molecule has 2 aromatic heterocycles. The third kappa shape index (κ3) is 3.22. The molecule has 0 spiro atoms. The Labute approximate surface area is 162 Å². The van der Waals surface area contributed by atoms with E-state index in [1.807, 2.05) is 0 Å². The Kier molecular flexibility index (Phi) is 4.76. The molecule has 3 heterocycles. The number of halogens is 1. The van der Waals surface area contributed by atoms with Gasteiger partial charge in [-0.15, -0.1) is 0 Å². The number of benzene rings is 1. The van der Waals surface area contributed by atoms with E-state index >= 15 is 0 Å². The van der Waals surface area contributed by atoms with Crippen LogP contribution in [-0.4, -0.2) is 45.7 Å². The van der Waals surface area contributed by atoms with Crippen molar-refractivity contribution in [2.24, 2.45) is 0 Å². The van der Waals surface area contributed by atoms with Gasteiger partial charge in [0, 0.05) is 13.1 Å². The van der Waals surface area contributed by atoms with Gasteiger partial charge in [0.1, 0.15) is 17.3 Å². The summed E-state index contributed by atoms with van der Waals surface area (Å²) in [6.45, 7) is 4.57. The fraction of sp³-hybridized carbons (Fsp3) is 0.389. The Balaban J connectivity index is 1.63. The van der Waals surface area contributed by atoms with Crippen LogP contribution in [0.4, 0.5) is 4.39 Å². The third-order valence-electron chi connectivity index (χ3n) is 4.84. The maximum atomic E-state index is 13.9. The minimum atomic E-state index is -3.58. The molecule has 1 aliphatic rings. The summed E-state index contributed by atoms with van der Waals surface area (Å²) in [5.41, 5.74) is 1.16. The molecule has 8 nitrogen and oxygen atoms in total. The third-order valence-corrected chi connectivity index (χ3v) is 6.99. The molecule has 148 valence electrons. The molecule has 4 rings (SSSR count). The SMILES string of the molecule is Cc1nn(Cc2noc(-c3ccccc3F)n2)c(C)c1S(=O)(=O)N1CCCC1. The van der Waals surface area contributed by atoms with Crippen molar-refractivity contribution in [1.82, 2.24) is 24.2 Å². The monoisotopic (exact) mass is 405 g/mol. The van der Waals surface area contributed by atoms with E-state index in [-0.39, 0.29) is 28.7 Å². The molecular formula is C18H20FN5O3S. The van der Waals surface area contributed by atoms with Gasteiger partial charge in [0.05, 0.1) is 17.0 Å². The summed E-state index contributed by atoms with van der Waals surface area (Å²) < 4.78 is 48.0. The lowest BCUT2D eigenvalue weighted by Crippen LogP contribution is -2.28. The first kappa shape index (κ1) is 18.8. The van der Waals surface area contributed by atoms with Crippen LogP contribution in [0.15, 0.2) is 33.7 Å². The number of hydrogen-bond acceptors (Lipinski definition) is 6. The zero-order valence-electron chi connectivity index (χ0n) is 15.6. The fourth-order valence-electron chi connectivity index (χ4n) is 3.46. The van der Waals surface area contributed by atoms with E-state index in [1.165, 1.54) is 15.1 Å². The molecule has 1 aromatic carbocycles. The first-order chi connectivity index (χ1) is 13.4. The smallest absolute Gasteiger partial charge is 0.260 e. The summed E-state index contributed by atoms with van der Waals surface area (Å²) in [5.74, 6) is -0.101. The van der Waals surface area contributed by atoms with Crippen molar-refractivity contribution in [3.05, 3.63) is 47.3 Å². The molecule has 0 amide bonds. The molecule has 0 N–H and O–H groups in total. The largest absolute Gasteiger partial charge is 0.334 e. The maximum absolute atomic E-state index is 13.9. The zero-order valence-corrected chi connectivity index (χ0v) is 16.4. The van der Waals surface area contributed by atoms with Gasteiger partial charge in [-0.1, -0.05) is 17.3 Å². The van der Waals surface area contributed by atoms with Gasteiger partial charge in [0.15, 0.2) is 5.82 Å². The lowest BCUT2D eigenvalue weighted by molar-refractivity contribution is 0.416. The Morgan fingerprint density at radius 2 is 1.89 bits per heavy atom. The Bertz CT molecular complexity index is 1120. The second kappa shape index (κ2) is 7.10. The topological polar surface area (TPSA) is 94.1 Å². The molecule has 28 heavy (non-hydrogen) atoms. The van der Waals surface area contributed by atoms with Crippen molar-refractivity contribution in [2.45, 2.75) is 38.1 Å². The zero-order chi connectivity index (χ0) is 19.9. The quantitative estimate of drug-likeness (QED) is 0.647. The first-order valence-electron chi connectivity index (χ1n) is 8.99. The lowest BCUT2D eigenvalue weighted by Gasteiger charge is -2.15. The highest BCUT2D eigenvalue weighted by Crippen LogP contribution is 2.27. The molecule has 0 radical (unpaired) electrons. The van der Waals surface area contributed by atoms with Gasteiger partial charge >= 0.3 is 0 Å². The molecule has 10 heteroatoms. The Hall–Kier alpha value is -2.59. The predicted octanol–water partition coefficient (Wildman–Crippen LogP) is 2.52. The number of aryl methyl sites for hydroxylation is 1. The van der Waals surface area contributed by atoms with Gasteiger partial charge in [0.2, 0.25) is 10.0 Å². The van der Waals surface area contributed by atoms with Crippen LogP contribution in [0.2, 0.25) is 0 Å². The number of sulfonamides is 1. The van der Waals surface area contributed by atoms with Gasteiger partial charge in [-0.2, -0.15) is 14.4 Å². The standard InChI is InChI=1S/C18H20FN5O3S/c1-12-17(28(25,26)23-9-5-6-10-23)13(2)24(21-12)11-16-20-18(27-22-16)14-7-3-4-8-15(14)19/h3-4,7-8H,5-6,9-11H2,1-2H3. The summed E-state index contributed by atoms with van der Waals surface area (Å²) in [5, 5.41) is 8.23. The average Bonchev–Trinajstić information content (AvgIpc) is 3.38. The van der Waals surface area contributed by atoms with E-state index in [4.69, 9.17) is 4.52 Å². The van der Waals surface area contributed by atoms with Gasteiger partial charge in [-0.05, 0) is 38.8 Å². The summed E-state index contributed by atoms with van der Waals surface area (Å²) >= 11 is 0. The van der Waals surface area contributed by atoms with Crippen LogP contribution in [-0.2, 0) is 16.6 Å². The number of rotatable bonds is 5. The van der Waals surface area contributed by atoms with Crippen molar-refractivity contribution in [3.8, 4) is 11.5 Å². The van der Waals surface area contributed by atoms with Gasteiger partial charge < -0.3 is 4.52 Å². The normalized spacial score (nSPS) is 15.4. The minimum Gasteiger partial charge on any atom is -0.334 e. The highest BCUT2D eigenvalue weighted by atomic mass is 32.2. The van der Waals surface area contributed by atoms with E-state index in [0.29, 0.717) is 24.5 Å². The van der Waals surface area contributed by atoms with Crippen molar-refractivity contribution in [2.75, 3.05) is 13.1 Å². The summed E-state index contributed by atoms with van der Waals surface area (Å²) in [6.07, 6.45) is 1.74. The summed E-state index contributed by atoms with van der Waals surface area (Å²) in [4.78, 5) is 4.45. The molecular weight excluding hydrogens is 385 g/mol. The molecule has 0 bridgehead atoms. The molecule has 1 aliphatic heterocycles. The van der Waals surface area contributed by atoms with E-state index in [0.717, 1.165) is 12.8 Å². The van der Waals surface area contributed by atoms with Gasteiger partial charge in [-0.25, -0.2) is 12.8 Å².